The third kappa shape index (κ3) is 4.31. The fourth-order valence-electron chi connectivity index (χ4n) is 2.90. The van der Waals surface area contributed by atoms with Crippen molar-refractivity contribution < 1.29 is 13.2 Å². The number of hydrogen-bond acceptors (Lipinski definition) is 4. The number of hydrogen-bond donors (Lipinski definition) is 2. The number of benzene rings is 3. The molecule has 0 unspecified atom stereocenters. The van der Waals surface area contributed by atoms with Crippen LogP contribution < -0.4 is 10.0 Å². The van der Waals surface area contributed by atoms with Gasteiger partial charge < -0.3 is 5.32 Å². The number of carbonyl (C=O) groups excluding carboxylic acids is 1. The van der Waals surface area contributed by atoms with Crippen LogP contribution in [0.2, 0.25) is 0 Å². The first-order chi connectivity index (χ1) is 13.9. The zero-order valence-electron chi connectivity index (χ0n) is 15.5. The Bertz CT molecular complexity index is 1290. The zero-order chi connectivity index (χ0) is 20.4. The van der Waals surface area contributed by atoms with E-state index in [4.69, 9.17) is 0 Å². The monoisotopic (exact) mass is 422 g/mol. The Morgan fingerprint density at radius 2 is 1.69 bits per heavy atom. The first kappa shape index (κ1) is 19.2. The van der Waals surface area contributed by atoms with Gasteiger partial charge in [0.25, 0.3) is 15.9 Å². The molecule has 5 nitrogen and oxygen atoms in total. The molecule has 1 amide bonds. The van der Waals surface area contributed by atoms with Crippen molar-refractivity contribution in [2.75, 3.05) is 10.0 Å². The molecule has 0 saturated heterocycles. The second kappa shape index (κ2) is 7.69. The quantitative estimate of drug-likeness (QED) is 0.460. The molecule has 7 heteroatoms. The average molecular weight is 423 g/mol. The number of thiophene rings is 1. The third-order valence-corrected chi connectivity index (χ3v) is 6.71. The van der Waals surface area contributed by atoms with Gasteiger partial charge in [-0.1, -0.05) is 23.8 Å². The first-order valence-corrected chi connectivity index (χ1v) is 11.3. The van der Waals surface area contributed by atoms with E-state index in [0.717, 1.165) is 15.6 Å². The van der Waals surface area contributed by atoms with Gasteiger partial charge in [-0.15, -0.1) is 11.3 Å². The lowest BCUT2D eigenvalue weighted by atomic mass is 10.2. The molecule has 0 aliphatic carbocycles. The summed E-state index contributed by atoms with van der Waals surface area (Å²) in [5, 5.41) is 5.92. The maximum atomic E-state index is 12.6. The Morgan fingerprint density at radius 1 is 0.897 bits per heavy atom. The Morgan fingerprint density at radius 3 is 2.48 bits per heavy atom. The van der Waals surface area contributed by atoms with Crippen molar-refractivity contribution in [3.05, 3.63) is 89.3 Å². The fraction of sp³-hybridized carbons (Fsp3) is 0.0455. The van der Waals surface area contributed by atoms with Crippen molar-refractivity contribution >= 4 is 48.7 Å². The summed E-state index contributed by atoms with van der Waals surface area (Å²) in [6.07, 6.45) is 0. The highest BCUT2D eigenvalue weighted by molar-refractivity contribution is 7.92. The molecule has 0 bridgehead atoms. The lowest BCUT2D eigenvalue weighted by Gasteiger charge is -2.10. The third-order valence-electron chi connectivity index (χ3n) is 4.42. The lowest BCUT2D eigenvalue weighted by molar-refractivity contribution is 0.102. The molecule has 2 N–H and O–H groups in total. The highest BCUT2D eigenvalue weighted by Crippen LogP contribution is 2.24. The summed E-state index contributed by atoms with van der Waals surface area (Å²) < 4.78 is 28.8. The average Bonchev–Trinajstić information content (AvgIpc) is 3.16. The van der Waals surface area contributed by atoms with E-state index in [1.54, 1.807) is 53.8 Å². The van der Waals surface area contributed by atoms with Crippen molar-refractivity contribution in [3.63, 3.8) is 0 Å². The van der Waals surface area contributed by atoms with Crippen LogP contribution in [0.3, 0.4) is 0 Å². The molecule has 29 heavy (non-hydrogen) atoms. The first-order valence-electron chi connectivity index (χ1n) is 8.89. The number of nitrogens with one attached hydrogen (secondary N) is 2. The minimum atomic E-state index is -3.73. The molecule has 0 aliphatic rings. The number of rotatable bonds is 5. The molecule has 1 aromatic heterocycles. The van der Waals surface area contributed by atoms with Gasteiger partial charge in [-0.2, -0.15) is 0 Å². The van der Waals surface area contributed by atoms with E-state index in [0.29, 0.717) is 16.9 Å². The molecular formula is C22H18N2O3S2. The molecule has 0 aliphatic heterocycles. The van der Waals surface area contributed by atoms with E-state index < -0.39 is 10.0 Å². The van der Waals surface area contributed by atoms with Gasteiger partial charge in [0, 0.05) is 21.6 Å². The van der Waals surface area contributed by atoms with Crippen LogP contribution >= 0.6 is 11.3 Å². The van der Waals surface area contributed by atoms with Crippen LogP contribution in [0.1, 0.15) is 15.9 Å². The second-order valence-electron chi connectivity index (χ2n) is 6.63. The highest BCUT2D eigenvalue weighted by atomic mass is 32.2. The Kier molecular flexibility index (Phi) is 5.08. The molecule has 4 aromatic rings. The van der Waals surface area contributed by atoms with Crippen molar-refractivity contribution in [1.29, 1.82) is 0 Å². The molecule has 4 rings (SSSR count). The van der Waals surface area contributed by atoms with Gasteiger partial charge in [-0.25, -0.2) is 8.42 Å². The molecule has 0 radical (unpaired) electrons. The second-order valence-corrected chi connectivity index (χ2v) is 9.26. The SMILES string of the molecule is Cc1ccc(S(=O)(=O)Nc2cccc(C(=O)Nc3ccc4sccc4c3)c2)cc1. The predicted molar refractivity (Wildman–Crippen MR) is 118 cm³/mol. The maximum absolute atomic E-state index is 12.6. The summed E-state index contributed by atoms with van der Waals surface area (Å²) in [6.45, 7) is 1.89. The maximum Gasteiger partial charge on any atom is 0.261 e. The van der Waals surface area contributed by atoms with Gasteiger partial charge in [0.2, 0.25) is 0 Å². The van der Waals surface area contributed by atoms with E-state index in [-0.39, 0.29) is 10.8 Å². The zero-order valence-corrected chi connectivity index (χ0v) is 17.2. The van der Waals surface area contributed by atoms with Gasteiger partial charge in [-0.3, -0.25) is 9.52 Å². The minimum Gasteiger partial charge on any atom is -0.322 e. The number of amides is 1. The molecule has 3 aromatic carbocycles. The summed E-state index contributed by atoms with van der Waals surface area (Å²) >= 11 is 1.64. The Labute approximate surface area is 173 Å². The number of carbonyl (C=O) groups is 1. The van der Waals surface area contributed by atoms with Crippen LogP contribution in [0.25, 0.3) is 10.1 Å². The summed E-state index contributed by atoms with van der Waals surface area (Å²) in [4.78, 5) is 12.8. The number of sulfonamides is 1. The highest BCUT2D eigenvalue weighted by Gasteiger charge is 2.15. The molecular weight excluding hydrogens is 404 g/mol. The van der Waals surface area contributed by atoms with Crippen molar-refractivity contribution in [2.45, 2.75) is 11.8 Å². The van der Waals surface area contributed by atoms with Crippen molar-refractivity contribution in [1.82, 2.24) is 0 Å². The molecule has 0 atom stereocenters. The fourth-order valence-corrected chi connectivity index (χ4v) is 4.72. The molecule has 0 fully saturated rings. The van der Waals surface area contributed by atoms with E-state index >= 15 is 0 Å². The van der Waals surface area contributed by atoms with E-state index in [2.05, 4.69) is 10.0 Å². The van der Waals surface area contributed by atoms with Gasteiger partial charge in [-0.05, 0) is 72.3 Å². The van der Waals surface area contributed by atoms with E-state index in [1.165, 1.54) is 6.07 Å². The van der Waals surface area contributed by atoms with Gasteiger partial charge in [0.05, 0.1) is 4.90 Å². The van der Waals surface area contributed by atoms with E-state index in [1.807, 2.05) is 36.6 Å². The predicted octanol–water partition coefficient (Wildman–Crippen LogP) is 5.26. The molecule has 0 spiro atoms. The number of aryl methyl sites for hydroxylation is 1. The Hall–Kier alpha value is -3.16. The van der Waals surface area contributed by atoms with Crippen LogP contribution in [0, 0.1) is 6.92 Å². The largest absolute Gasteiger partial charge is 0.322 e. The van der Waals surface area contributed by atoms with Crippen molar-refractivity contribution in [3.8, 4) is 0 Å². The normalized spacial score (nSPS) is 11.3. The summed E-state index contributed by atoms with van der Waals surface area (Å²) in [5.41, 5.74) is 2.35. The minimum absolute atomic E-state index is 0.169. The smallest absolute Gasteiger partial charge is 0.261 e. The summed E-state index contributed by atoms with van der Waals surface area (Å²) in [5.74, 6) is -0.309. The number of anilines is 2. The van der Waals surface area contributed by atoms with Gasteiger partial charge in [0.1, 0.15) is 0 Å². The van der Waals surface area contributed by atoms with Crippen LogP contribution in [0.5, 0.6) is 0 Å². The van der Waals surface area contributed by atoms with Gasteiger partial charge in [0.15, 0.2) is 0 Å². The van der Waals surface area contributed by atoms with Crippen LogP contribution in [0.15, 0.2) is 83.1 Å². The molecule has 1 heterocycles. The number of fused-ring (bicyclic) bond motifs is 1. The van der Waals surface area contributed by atoms with Crippen LogP contribution in [-0.4, -0.2) is 14.3 Å². The summed E-state index contributed by atoms with van der Waals surface area (Å²) in [6, 6.07) is 20.7. The standard InChI is InChI=1S/C22H18N2O3S2/c1-15-5-8-20(9-6-15)29(26,27)24-19-4-2-3-17(14-19)22(25)23-18-7-10-21-16(13-18)11-12-28-21/h2-14,24H,1H3,(H,23,25). The molecule has 146 valence electrons. The van der Waals surface area contributed by atoms with Crippen LogP contribution in [0.4, 0.5) is 11.4 Å². The lowest BCUT2D eigenvalue weighted by Crippen LogP contribution is -2.15. The van der Waals surface area contributed by atoms with Gasteiger partial charge >= 0.3 is 0 Å². The van der Waals surface area contributed by atoms with E-state index in [9.17, 15) is 13.2 Å². The summed E-state index contributed by atoms with van der Waals surface area (Å²) in [7, 11) is -3.73. The van der Waals surface area contributed by atoms with Crippen molar-refractivity contribution in [2.24, 2.45) is 0 Å². The molecule has 0 saturated carbocycles. The topological polar surface area (TPSA) is 75.3 Å². The van der Waals surface area contributed by atoms with Crippen LogP contribution in [-0.2, 0) is 10.0 Å². The Balaban J connectivity index is 1.53.